The second kappa shape index (κ2) is 6.37. The van der Waals surface area contributed by atoms with Gasteiger partial charge in [-0.15, -0.1) is 5.10 Å². The molecule has 1 fully saturated rings. The Morgan fingerprint density at radius 3 is 2.90 bits per heavy atom. The lowest BCUT2D eigenvalue weighted by molar-refractivity contribution is 0.0612. The van der Waals surface area contributed by atoms with Crippen molar-refractivity contribution in [2.24, 2.45) is 0 Å². The molecule has 3 atom stereocenters. The highest BCUT2D eigenvalue weighted by atomic mass is 16.5. The van der Waals surface area contributed by atoms with Gasteiger partial charge in [0.15, 0.2) is 0 Å². The largest absolute Gasteiger partial charge is 0.379 e. The summed E-state index contributed by atoms with van der Waals surface area (Å²) in [5, 5.41) is 12.1. The molecule has 1 aromatic heterocycles. The molecule has 1 aliphatic heterocycles. The van der Waals surface area contributed by atoms with Gasteiger partial charge in [-0.3, -0.25) is 0 Å². The van der Waals surface area contributed by atoms with Crippen molar-refractivity contribution in [3.63, 3.8) is 0 Å². The smallest absolute Gasteiger partial charge is 0.0885 e. The summed E-state index contributed by atoms with van der Waals surface area (Å²) >= 11 is 0. The molecule has 1 unspecified atom stereocenters. The Hall–Kier alpha value is -1.72. The summed E-state index contributed by atoms with van der Waals surface area (Å²) < 4.78 is 7.52. The molecule has 1 aliphatic rings. The molecule has 0 spiro atoms. The highest BCUT2D eigenvalue weighted by Crippen LogP contribution is 2.26. The lowest BCUT2D eigenvalue weighted by Crippen LogP contribution is -2.40. The monoisotopic (exact) mass is 286 g/mol. The van der Waals surface area contributed by atoms with Gasteiger partial charge >= 0.3 is 0 Å². The minimum Gasteiger partial charge on any atom is -0.379 e. The average molecular weight is 286 g/mol. The molecule has 21 heavy (non-hydrogen) atoms. The van der Waals surface area contributed by atoms with Gasteiger partial charge in [0.1, 0.15) is 0 Å². The van der Waals surface area contributed by atoms with Gasteiger partial charge in [-0.1, -0.05) is 35.5 Å². The van der Waals surface area contributed by atoms with Gasteiger partial charge in [-0.2, -0.15) is 0 Å². The molecule has 2 aromatic rings. The Kier molecular flexibility index (Phi) is 4.31. The van der Waals surface area contributed by atoms with E-state index in [0.29, 0.717) is 5.92 Å². The number of rotatable bonds is 4. The Morgan fingerprint density at radius 2 is 2.14 bits per heavy atom. The first-order valence-electron chi connectivity index (χ1n) is 7.49. The van der Waals surface area contributed by atoms with Crippen LogP contribution in [0.3, 0.4) is 0 Å². The molecule has 1 aromatic carbocycles. The molecule has 2 heterocycles. The molecular formula is C16H22N4O. The van der Waals surface area contributed by atoms with E-state index in [-0.39, 0.29) is 12.1 Å². The van der Waals surface area contributed by atoms with Crippen LogP contribution >= 0.6 is 0 Å². The van der Waals surface area contributed by atoms with Crippen molar-refractivity contribution in [1.29, 1.82) is 0 Å². The summed E-state index contributed by atoms with van der Waals surface area (Å²) in [6.07, 6.45) is 3.28. The van der Waals surface area contributed by atoms with Crippen molar-refractivity contribution >= 4 is 0 Å². The summed E-state index contributed by atoms with van der Waals surface area (Å²) in [7, 11) is 1.77. The molecule has 3 rings (SSSR count). The molecule has 0 bridgehead atoms. The van der Waals surface area contributed by atoms with E-state index < -0.39 is 0 Å². The molecule has 5 nitrogen and oxygen atoms in total. The second-order valence-electron chi connectivity index (χ2n) is 5.58. The van der Waals surface area contributed by atoms with Crippen LogP contribution in [0.2, 0.25) is 0 Å². The van der Waals surface area contributed by atoms with Crippen molar-refractivity contribution in [3.05, 3.63) is 47.8 Å². The van der Waals surface area contributed by atoms with Crippen LogP contribution in [-0.2, 0) is 4.74 Å². The molecule has 1 N–H and O–H groups in total. The SMILES string of the molecule is CO[C@@H]1CNCC[C@H]1c1cn(C(C)c2ccccc2)nn1. The van der Waals surface area contributed by atoms with Crippen LogP contribution < -0.4 is 5.32 Å². The fourth-order valence-electron chi connectivity index (χ4n) is 2.95. The summed E-state index contributed by atoms with van der Waals surface area (Å²) in [6.45, 7) is 4.03. The zero-order chi connectivity index (χ0) is 14.7. The third-order valence-corrected chi connectivity index (χ3v) is 4.32. The van der Waals surface area contributed by atoms with E-state index in [0.717, 1.165) is 25.2 Å². The maximum atomic E-state index is 5.57. The summed E-state index contributed by atoms with van der Waals surface area (Å²) in [6, 6.07) is 10.6. The molecule has 112 valence electrons. The lowest BCUT2D eigenvalue weighted by Gasteiger charge is -2.29. The lowest BCUT2D eigenvalue weighted by atomic mass is 9.92. The zero-order valence-electron chi connectivity index (χ0n) is 12.6. The van der Waals surface area contributed by atoms with E-state index in [9.17, 15) is 0 Å². The van der Waals surface area contributed by atoms with Gasteiger partial charge in [0.05, 0.1) is 17.8 Å². The Bertz CT molecular complexity index is 569. The molecule has 0 radical (unpaired) electrons. The van der Waals surface area contributed by atoms with Crippen molar-refractivity contribution in [2.75, 3.05) is 20.2 Å². The maximum absolute atomic E-state index is 5.57. The van der Waals surface area contributed by atoms with Crippen LogP contribution in [0.25, 0.3) is 0 Å². The van der Waals surface area contributed by atoms with Gasteiger partial charge in [-0.25, -0.2) is 4.68 Å². The number of nitrogens with one attached hydrogen (secondary N) is 1. The molecular weight excluding hydrogens is 264 g/mol. The van der Waals surface area contributed by atoms with Gasteiger partial charge < -0.3 is 10.1 Å². The molecule has 0 aliphatic carbocycles. The van der Waals surface area contributed by atoms with Crippen LogP contribution in [0.4, 0.5) is 0 Å². The van der Waals surface area contributed by atoms with Crippen LogP contribution in [0, 0.1) is 0 Å². The molecule has 0 saturated carbocycles. The molecule has 0 amide bonds. The van der Waals surface area contributed by atoms with Crippen LogP contribution in [0.5, 0.6) is 0 Å². The van der Waals surface area contributed by atoms with Gasteiger partial charge in [0.2, 0.25) is 0 Å². The molecule has 1 saturated heterocycles. The minimum atomic E-state index is 0.177. The van der Waals surface area contributed by atoms with Gasteiger partial charge in [0, 0.05) is 25.8 Å². The average Bonchev–Trinajstić information content (AvgIpc) is 3.04. The van der Waals surface area contributed by atoms with E-state index in [4.69, 9.17) is 4.74 Å². The fourth-order valence-corrected chi connectivity index (χ4v) is 2.95. The first kappa shape index (κ1) is 14.2. The Labute approximate surface area is 125 Å². The van der Waals surface area contributed by atoms with Crippen LogP contribution in [0.1, 0.15) is 36.6 Å². The highest BCUT2D eigenvalue weighted by molar-refractivity contribution is 5.19. The second-order valence-corrected chi connectivity index (χ2v) is 5.58. The Balaban J connectivity index is 1.79. The minimum absolute atomic E-state index is 0.177. The zero-order valence-corrected chi connectivity index (χ0v) is 12.6. The normalized spacial score (nSPS) is 23.9. The molecule has 5 heteroatoms. The third-order valence-electron chi connectivity index (χ3n) is 4.32. The van der Waals surface area contributed by atoms with Crippen LogP contribution in [-0.4, -0.2) is 41.3 Å². The van der Waals surface area contributed by atoms with Crippen molar-refractivity contribution in [1.82, 2.24) is 20.3 Å². The van der Waals surface area contributed by atoms with E-state index in [1.807, 2.05) is 10.7 Å². The number of hydrogen-bond donors (Lipinski definition) is 1. The van der Waals surface area contributed by atoms with Crippen molar-refractivity contribution in [2.45, 2.75) is 31.4 Å². The van der Waals surface area contributed by atoms with Gasteiger partial charge in [-0.05, 0) is 25.5 Å². The van der Waals surface area contributed by atoms with Crippen molar-refractivity contribution in [3.8, 4) is 0 Å². The van der Waals surface area contributed by atoms with E-state index in [2.05, 4.69) is 53.0 Å². The summed E-state index contributed by atoms with van der Waals surface area (Å²) in [5.41, 5.74) is 2.27. The number of ether oxygens (including phenoxy) is 1. The summed E-state index contributed by atoms with van der Waals surface area (Å²) in [4.78, 5) is 0. The third kappa shape index (κ3) is 2.99. The first-order valence-corrected chi connectivity index (χ1v) is 7.49. The highest BCUT2D eigenvalue weighted by Gasteiger charge is 2.28. The maximum Gasteiger partial charge on any atom is 0.0885 e. The Morgan fingerprint density at radius 1 is 1.33 bits per heavy atom. The first-order chi connectivity index (χ1) is 10.3. The topological polar surface area (TPSA) is 52.0 Å². The standard InChI is InChI=1S/C16H22N4O/c1-12(13-6-4-3-5-7-13)20-11-15(18-19-20)14-8-9-17-10-16(14)21-2/h3-7,11-12,14,16-17H,8-10H2,1-2H3/t12?,14-,16+/m0/s1. The number of hydrogen-bond acceptors (Lipinski definition) is 4. The van der Waals surface area contributed by atoms with E-state index in [1.165, 1.54) is 5.56 Å². The van der Waals surface area contributed by atoms with Gasteiger partial charge in [0.25, 0.3) is 0 Å². The number of nitrogens with zero attached hydrogens (tertiary/aromatic N) is 3. The van der Waals surface area contributed by atoms with E-state index >= 15 is 0 Å². The van der Waals surface area contributed by atoms with Crippen molar-refractivity contribution < 1.29 is 4.74 Å². The van der Waals surface area contributed by atoms with E-state index in [1.54, 1.807) is 7.11 Å². The quantitative estimate of drug-likeness (QED) is 0.934. The number of aromatic nitrogens is 3. The number of methoxy groups -OCH3 is 1. The number of piperidine rings is 1. The predicted molar refractivity (Wildman–Crippen MR) is 81.3 cm³/mol. The fraction of sp³-hybridized carbons (Fsp3) is 0.500. The predicted octanol–water partition coefficient (Wildman–Crippen LogP) is 1.98. The summed E-state index contributed by atoms with van der Waals surface area (Å²) in [5.74, 6) is 0.327. The number of benzene rings is 1. The van der Waals surface area contributed by atoms with Crippen LogP contribution in [0.15, 0.2) is 36.5 Å².